The van der Waals surface area contributed by atoms with E-state index in [4.69, 9.17) is 4.74 Å². The summed E-state index contributed by atoms with van der Waals surface area (Å²) in [6.07, 6.45) is 1.31. The molecule has 3 N–H and O–H groups in total. The second-order valence-corrected chi connectivity index (χ2v) is 3.14. The van der Waals surface area contributed by atoms with Crippen molar-refractivity contribution in [3.8, 4) is 5.75 Å². The van der Waals surface area contributed by atoms with Crippen LogP contribution >= 0.6 is 0 Å². The number of hydrogen-bond acceptors (Lipinski definition) is 4. The number of ether oxygens (including phenoxy) is 1. The molecule has 0 bridgehead atoms. The van der Waals surface area contributed by atoms with Crippen LogP contribution in [0, 0.1) is 0 Å². The highest BCUT2D eigenvalue weighted by Gasteiger charge is 2.03. The number of urea groups is 1. The number of methoxy groups -OCH3 is 1. The van der Waals surface area contributed by atoms with Crippen molar-refractivity contribution >= 4 is 17.7 Å². The van der Waals surface area contributed by atoms with Crippen LogP contribution in [0.5, 0.6) is 5.75 Å². The molecule has 2 rings (SSSR count). The van der Waals surface area contributed by atoms with Gasteiger partial charge in [0.05, 0.1) is 7.11 Å². The van der Waals surface area contributed by atoms with E-state index in [2.05, 4.69) is 25.8 Å². The molecule has 0 radical (unpaired) electrons. The standard InChI is InChI=1S/C10H11N5O2/c1-17-8-4-2-7(3-5-8)13-10(16)14-9-11-6-12-15-9/h2-6H,1H3,(H3,11,12,13,14,15,16). The summed E-state index contributed by atoms with van der Waals surface area (Å²) < 4.78 is 5.01. The molecule has 7 heteroatoms. The zero-order valence-corrected chi connectivity index (χ0v) is 9.10. The van der Waals surface area contributed by atoms with Crippen LogP contribution < -0.4 is 15.4 Å². The first-order chi connectivity index (χ1) is 8.28. The third kappa shape index (κ3) is 2.94. The van der Waals surface area contributed by atoms with Crippen LogP contribution in [0.15, 0.2) is 30.6 Å². The first-order valence-electron chi connectivity index (χ1n) is 4.85. The van der Waals surface area contributed by atoms with Crippen molar-refractivity contribution in [2.45, 2.75) is 0 Å². The molecule has 0 saturated heterocycles. The van der Waals surface area contributed by atoms with E-state index in [0.29, 0.717) is 5.69 Å². The summed E-state index contributed by atoms with van der Waals surface area (Å²) in [6, 6.07) is 6.58. The largest absolute Gasteiger partial charge is 0.497 e. The molecule has 0 aliphatic rings. The summed E-state index contributed by atoms with van der Waals surface area (Å²) in [7, 11) is 1.58. The molecule has 2 amide bonds. The van der Waals surface area contributed by atoms with Crippen LogP contribution in [0.4, 0.5) is 16.4 Å². The number of H-pyrrole nitrogens is 1. The van der Waals surface area contributed by atoms with Gasteiger partial charge in [-0.15, -0.1) is 0 Å². The number of aromatic amines is 1. The van der Waals surface area contributed by atoms with Gasteiger partial charge in [-0.05, 0) is 24.3 Å². The number of nitrogens with one attached hydrogen (secondary N) is 3. The van der Waals surface area contributed by atoms with Gasteiger partial charge in [0.15, 0.2) is 0 Å². The van der Waals surface area contributed by atoms with Crippen LogP contribution in [0.1, 0.15) is 0 Å². The van der Waals surface area contributed by atoms with E-state index in [9.17, 15) is 4.79 Å². The maximum Gasteiger partial charge on any atom is 0.326 e. The summed E-state index contributed by atoms with van der Waals surface area (Å²) >= 11 is 0. The fourth-order valence-corrected chi connectivity index (χ4v) is 1.21. The predicted octanol–water partition coefficient (Wildman–Crippen LogP) is 1.46. The number of benzene rings is 1. The number of rotatable bonds is 3. The van der Waals surface area contributed by atoms with E-state index in [1.807, 2.05) is 0 Å². The molecule has 17 heavy (non-hydrogen) atoms. The molecule has 0 spiro atoms. The van der Waals surface area contributed by atoms with Crippen molar-refractivity contribution in [1.82, 2.24) is 15.2 Å². The summed E-state index contributed by atoms with van der Waals surface area (Å²) in [4.78, 5) is 15.3. The Kier molecular flexibility index (Phi) is 3.20. The Balaban J connectivity index is 1.93. The molecule has 1 aromatic heterocycles. The SMILES string of the molecule is COc1ccc(NC(=O)Nc2ncn[nH]2)cc1. The molecule has 2 aromatic rings. The lowest BCUT2D eigenvalue weighted by Gasteiger charge is -2.05. The topological polar surface area (TPSA) is 91.9 Å². The molecule has 0 atom stereocenters. The van der Waals surface area contributed by atoms with Gasteiger partial charge in [-0.25, -0.2) is 9.89 Å². The number of amides is 2. The lowest BCUT2D eigenvalue weighted by Crippen LogP contribution is -2.20. The second-order valence-electron chi connectivity index (χ2n) is 3.14. The third-order valence-electron chi connectivity index (χ3n) is 1.99. The summed E-state index contributed by atoms with van der Waals surface area (Å²) in [5, 5.41) is 11.3. The molecule has 88 valence electrons. The summed E-state index contributed by atoms with van der Waals surface area (Å²) in [5.74, 6) is 1.02. The first-order valence-corrected chi connectivity index (χ1v) is 4.85. The molecule has 1 aromatic carbocycles. The van der Waals surface area contributed by atoms with Crippen molar-refractivity contribution in [1.29, 1.82) is 0 Å². The van der Waals surface area contributed by atoms with Gasteiger partial charge < -0.3 is 10.1 Å². The molecule has 0 aliphatic heterocycles. The van der Waals surface area contributed by atoms with Crippen molar-refractivity contribution in [3.63, 3.8) is 0 Å². The normalized spacial score (nSPS) is 9.71. The Bertz CT molecular complexity index is 480. The van der Waals surface area contributed by atoms with Gasteiger partial charge >= 0.3 is 6.03 Å². The number of carbonyl (C=O) groups excluding carboxylic acids is 1. The van der Waals surface area contributed by atoms with Crippen LogP contribution in [0.2, 0.25) is 0 Å². The van der Waals surface area contributed by atoms with Crippen LogP contribution in [-0.4, -0.2) is 28.3 Å². The molecule has 1 heterocycles. The molecule has 0 unspecified atom stereocenters. The van der Waals surface area contributed by atoms with Gasteiger partial charge in [0.2, 0.25) is 5.95 Å². The lowest BCUT2D eigenvalue weighted by atomic mass is 10.3. The predicted molar refractivity (Wildman–Crippen MR) is 62.0 cm³/mol. The van der Waals surface area contributed by atoms with Crippen molar-refractivity contribution in [2.75, 3.05) is 17.7 Å². The molecule has 0 saturated carbocycles. The van der Waals surface area contributed by atoms with Crippen molar-refractivity contribution in [2.24, 2.45) is 0 Å². The van der Waals surface area contributed by atoms with E-state index in [1.165, 1.54) is 6.33 Å². The van der Waals surface area contributed by atoms with E-state index >= 15 is 0 Å². The molecular weight excluding hydrogens is 222 g/mol. The zero-order chi connectivity index (χ0) is 12.1. The van der Waals surface area contributed by atoms with Crippen LogP contribution in [-0.2, 0) is 0 Å². The lowest BCUT2D eigenvalue weighted by molar-refractivity contribution is 0.262. The number of nitrogens with zero attached hydrogens (tertiary/aromatic N) is 2. The van der Waals surface area contributed by atoms with Gasteiger partial charge in [-0.1, -0.05) is 0 Å². The minimum Gasteiger partial charge on any atom is -0.497 e. The number of carbonyl (C=O) groups is 1. The Hall–Kier alpha value is -2.57. The van der Waals surface area contributed by atoms with Gasteiger partial charge in [0, 0.05) is 5.69 Å². The van der Waals surface area contributed by atoms with E-state index in [1.54, 1.807) is 31.4 Å². The van der Waals surface area contributed by atoms with Gasteiger partial charge in [-0.2, -0.15) is 10.1 Å². The second kappa shape index (κ2) is 4.97. The first kappa shape index (κ1) is 10.9. The van der Waals surface area contributed by atoms with E-state index < -0.39 is 6.03 Å². The minimum absolute atomic E-state index is 0.288. The highest BCUT2D eigenvalue weighted by molar-refractivity contribution is 5.98. The highest BCUT2D eigenvalue weighted by atomic mass is 16.5. The maximum absolute atomic E-state index is 11.5. The maximum atomic E-state index is 11.5. The molecule has 7 nitrogen and oxygen atoms in total. The van der Waals surface area contributed by atoms with Gasteiger partial charge in [0.1, 0.15) is 12.1 Å². The molecular formula is C10H11N5O2. The Morgan fingerprint density at radius 2 is 2.06 bits per heavy atom. The summed E-state index contributed by atoms with van der Waals surface area (Å²) in [6.45, 7) is 0. The van der Waals surface area contributed by atoms with Crippen molar-refractivity contribution in [3.05, 3.63) is 30.6 Å². The molecule has 0 fully saturated rings. The van der Waals surface area contributed by atoms with Gasteiger partial charge in [-0.3, -0.25) is 5.32 Å². The Labute approximate surface area is 97.2 Å². The van der Waals surface area contributed by atoms with Gasteiger partial charge in [0.25, 0.3) is 0 Å². The average molecular weight is 233 g/mol. The number of aromatic nitrogens is 3. The number of anilines is 2. The van der Waals surface area contributed by atoms with E-state index in [-0.39, 0.29) is 5.95 Å². The molecule has 0 aliphatic carbocycles. The highest BCUT2D eigenvalue weighted by Crippen LogP contribution is 2.14. The monoisotopic (exact) mass is 233 g/mol. The van der Waals surface area contributed by atoms with Crippen LogP contribution in [0.25, 0.3) is 0 Å². The zero-order valence-electron chi connectivity index (χ0n) is 9.10. The average Bonchev–Trinajstić information content (AvgIpc) is 2.82. The van der Waals surface area contributed by atoms with E-state index in [0.717, 1.165) is 5.75 Å². The summed E-state index contributed by atoms with van der Waals surface area (Å²) in [5.41, 5.74) is 0.655. The minimum atomic E-state index is -0.396. The smallest absolute Gasteiger partial charge is 0.326 e. The fraction of sp³-hybridized carbons (Fsp3) is 0.100. The third-order valence-corrected chi connectivity index (χ3v) is 1.99. The number of hydrogen-bond donors (Lipinski definition) is 3. The quantitative estimate of drug-likeness (QED) is 0.748. The Morgan fingerprint density at radius 1 is 1.29 bits per heavy atom. The van der Waals surface area contributed by atoms with Crippen LogP contribution in [0.3, 0.4) is 0 Å². The Morgan fingerprint density at radius 3 is 2.65 bits per heavy atom. The van der Waals surface area contributed by atoms with Crippen molar-refractivity contribution < 1.29 is 9.53 Å². The fourth-order valence-electron chi connectivity index (χ4n) is 1.21.